The third-order valence-electron chi connectivity index (χ3n) is 1.82. The molecule has 1 aromatic carbocycles. The fraction of sp³-hybridized carbons (Fsp3) is 0.273. The van der Waals surface area contributed by atoms with Crippen molar-refractivity contribution in [3.05, 3.63) is 35.9 Å². The first-order valence-electron chi connectivity index (χ1n) is 4.01. The van der Waals surface area contributed by atoms with Gasteiger partial charge in [-0.3, -0.25) is 0 Å². The lowest BCUT2D eigenvalue weighted by molar-refractivity contribution is 0.378. The van der Waals surface area contributed by atoms with Crippen LogP contribution in [-0.4, -0.2) is 12.2 Å². The first-order valence-corrected chi connectivity index (χ1v) is 4.01. The zero-order valence-electron chi connectivity index (χ0n) is 7.00. The molecule has 0 saturated carbocycles. The summed E-state index contributed by atoms with van der Waals surface area (Å²) in [7, 11) is 0. The van der Waals surface area contributed by atoms with Gasteiger partial charge in [0.25, 0.3) is 0 Å². The Morgan fingerprint density at radius 2 is 2.00 bits per heavy atom. The maximum atomic E-state index is 5.14. The van der Waals surface area contributed by atoms with Crippen LogP contribution in [0.3, 0.4) is 0 Å². The Hall–Kier alpha value is -1.26. The van der Waals surface area contributed by atoms with Crippen molar-refractivity contribution in [2.24, 2.45) is 0 Å². The Morgan fingerprint density at radius 3 is 2.58 bits per heavy atom. The molecule has 2 rings (SSSR count). The Bertz CT molecular complexity index is 325. The fourth-order valence-electron chi connectivity index (χ4n) is 0.906. The third kappa shape index (κ3) is 1.66. The summed E-state index contributed by atoms with van der Waals surface area (Å²) in [5.41, 5.74) is 0.893. The second-order valence-electron chi connectivity index (χ2n) is 3.14. The highest BCUT2D eigenvalue weighted by molar-refractivity contribution is 5.37. The van der Waals surface area contributed by atoms with Crippen molar-refractivity contribution < 1.29 is 4.74 Å². The van der Waals surface area contributed by atoms with Gasteiger partial charge in [-0.2, -0.15) is 0 Å². The van der Waals surface area contributed by atoms with Gasteiger partial charge in [0.1, 0.15) is 5.60 Å². The average molecular weight is 158 g/mol. The van der Waals surface area contributed by atoms with E-state index in [1.807, 2.05) is 37.3 Å². The highest BCUT2D eigenvalue weighted by Crippen LogP contribution is 2.24. The van der Waals surface area contributed by atoms with E-state index in [2.05, 4.69) is 11.8 Å². The van der Waals surface area contributed by atoms with E-state index in [1.54, 1.807) is 0 Å². The largest absolute Gasteiger partial charge is 0.356 e. The molecule has 0 bridgehead atoms. The highest BCUT2D eigenvalue weighted by Gasteiger charge is 2.37. The van der Waals surface area contributed by atoms with Crippen LogP contribution in [0.15, 0.2) is 30.3 Å². The monoisotopic (exact) mass is 158 g/mol. The summed E-state index contributed by atoms with van der Waals surface area (Å²) in [5, 5.41) is 0. The number of hydrogen-bond acceptors (Lipinski definition) is 1. The molecule has 1 fully saturated rings. The predicted octanol–water partition coefficient (Wildman–Crippen LogP) is 1.83. The number of ether oxygens (including phenoxy) is 1. The molecule has 1 heterocycles. The van der Waals surface area contributed by atoms with E-state index in [-0.39, 0.29) is 5.60 Å². The molecule has 0 aromatic heterocycles. The van der Waals surface area contributed by atoms with Crippen LogP contribution in [0.4, 0.5) is 0 Å². The second-order valence-corrected chi connectivity index (χ2v) is 3.14. The molecule has 0 N–H and O–H groups in total. The molecule has 0 amide bonds. The van der Waals surface area contributed by atoms with Gasteiger partial charge in [0.15, 0.2) is 0 Å². The normalized spacial score (nSPS) is 25.8. The van der Waals surface area contributed by atoms with E-state index in [0.717, 1.165) is 12.2 Å². The highest BCUT2D eigenvalue weighted by atomic mass is 16.6. The number of epoxide rings is 1. The Balaban J connectivity index is 2.16. The van der Waals surface area contributed by atoms with E-state index < -0.39 is 0 Å². The molecule has 1 atom stereocenters. The van der Waals surface area contributed by atoms with Gasteiger partial charge in [-0.05, 0) is 19.1 Å². The SMILES string of the molecule is CC1(C#Cc2ccccc2)CO1. The van der Waals surface area contributed by atoms with Crippen molar-refractivity contribution in [3.8, 4) is 11.8 Å². The van der Waals surface area contributed by atoms with Crippen molar-refractivity contribution in [3.63, 3.8) is 0 Å². The van der Waals surface area contributed by atoms with Crippen LogP contribution in [0.5, 0.6) is 0 Å². The van der Waals surface area contributed by atoms with Crippen molar-refractivity contribution in [2.75, 3.05) is 6.61 Å². The standard InChI is InChI=1S/C11H10O/c1-11(9-12-11)8-7-10-5-3-2-4-6-10/h2-6H,9H2,1H3. The average Bonchev–Trinajstić information content (AvgIpc) is 2.84. The molecular weight excluding hydrogens is 148 g/mol. The van der Waals surface area contributed by atoms with Crippen LogP contribution in [0.1, 0.15) is 12.5 Å². The quantitative estimate of drug-likeness (QED) is 0.414. The minimum absolute atomic E-state index is 0.157. The van der Waals surface area contributed by atoms with Crippen LogP contribution in [-0.2, 0) is 4.74 Å². The van der Waals surface area contributed by atoms with Gasteiger partial charge in [-0.25, -0.2) is 0 Å². The number of hydrogen-bond donors (Lipinski definition) is 0. The van der Waals surface area contributed by atoms with Gasteiger partial charge < -0.3 is 4.74 Å². The first kappa shape index (κ1) is 7.39. The van der Waals surface area contributed by atoms with E-state index >= 15 is 0 Å². The molecule has 0 spiro atoms. The predicted molar refractivity (Wildman–Crippen MR) is 47.7 cm³/mol. The van der Waals surface area contributed by atoms with Crippen molar-refractivity contribution >= 4 is 0 Å². The minimum atomic E-state index is -0.157. The molecule has 1 aliphatic heterocycles. The molecule has 0 radical (unpaired) electrons. The maximum Gasteiger partial charge on any atom is 0.149 e. The lowest BCUT2D eigenvalue weighted by Crippen LogP contribution is -1.97. The molecule has 1 saturated heterocycles. The smallest absolute Gasteiger partial charge is 0.149 e. The Labute approximate surface area is 72.4 Å². The van der Waals surface area contributed by atoms with Crippen LogP contribution < -0.4 is 0 Å². The van der Waals surface area contributed by atoms with Gasteiger partial charge >= 0.3 is 0 Å². The summed E-state index contributed by atoms with van der Waals surface area (Å²) in [6.07, 6.45) is 0. The summed E-state index contributed by atoms with van der Waals surface area (Å²) in [5.74, 6) is 6.15. The van der Waals surface area contributed by atoms with Gasteiger partial charge in [0.05, 0.1) is 6.61 Å². The van der Waals surface area contributed by atoms with Gasteiger partial charge in [-0.15, -0.1) is 0 Å². The molecule has 1 heteroatoms. The maximum absolute atomic E-state index is 5.14. The molecule has 0 aliphatic carbocycles. The molecule has 60 valence electrons. The van der Waals surface area contributed by atoms with Gasteiger partial charge in [0, 0.05) is 5.56 Å². The lowest BCUT2D eigenvalue weighted by atomic mass is 10.2. The molecule has 1 nitrogen and oxygen atoms in total. The number of rotatable bonds is 0. The topological polar surface area (TPSA) is 12.5 Å². The van der Waals surface area contributed by atoms with Crippen LogP contribution in [0.2, 0.25) is 0 Å². The van der Waals surface area contributed by atoms with E-state index in [4.69, 9.17) is 4.74 Å². The van der Waals surface area contributed by atoms with Crippen LogP contribution in [0.25, 0.3) is 0 Å². The van der Waals surface area contributed by atoms with Crippen molar-refractivity contribution in [1.82, 2.24) is 0 Å². The Morgan fingerprint density at radius 1 is 1.33 bits per heavy atom. The fourth-order valence-corrected chi connectivity index (χ4v) is 0.906. The van der Waals surface area contributed by atoms with E-state index in [9.17, 15) is 0 Å². The summed E-state index contributed by atoms with van der Waals surface area (Å²) in [6, 6.07) is 9.96. The Kier molecular flexibility index (Phi) is 1.64. The number of benzene rings is 1. The van der Waals surface area contributed by atoms with Crippen LogP contribution in [0, 0.1) is 11.8 Å². The summed E-state index contributed by atoms with van der Waals surface area (Å²) in [4.78, 5) is 0. The molecule has 1 unspecified atom stereocenters. The molecule has 1 aliphatic rings. The summed E-state index contributed by atoms with van der Waals surface area (Å²) < 4.78 is 5.14. The van der Waals surface area contributed by atoms with E-state index in [1.165, 1.54) is 0 Å². The molecular formula is C11H10O. The summed E-state index contributed by atoms with van der Waals surface area (Å²) in [6.45, 7) is 2.77. The third-order valence-corrected chi connectivity index (χ3v) is 1.82. The van der Waals surface area contributed by atoms with Crippen molar-refractivity contribution in [1.29, 1.82) is 0 Å². The first-order chi connectivity index (χ1) is 5.79. The van der Waals surface area contributed by atoms with E-state index in [0.29, 0.717) is 0 Å². The zero-order valence-corrected chi connectivity index (χ0v) is 7.00. The van der Waals surface area contributed by atoms with Crippen LogP contribution >= 0.6 is 0 Å². The summed E-state index contributed by atoms with van der Waals surface area (Å²) >= 11 is 0. The zero-order chi connectivity index (χ0) is 8.44. The molecule has 1 aromatic rings. The lowest BCUT2D eigenvalue weighted by Gasteiger charge is -1.89. The van der Waals surface area contributed by atoms with Gasteiger partial charge in [0.2, 0.25) is 0 Å². The second kappa shape index (κ2) is 2.66. The molecule has 12 heavy (non-hydrogen) atoms. The van der Waals surface area contributed by atoms with Gasteiger partial charge in [-0.1, -0.05) is 30.0 Å². The minimum Gasteiger partial charge on any atom is -0.356 e. The van der Waals surface area contributed by atoms with Crippen molar-refractivity contribution in [2.45, 2.75) is 12.5 Å².